The van der Waals surface area contributed by atoms with E-state index in [1.807, 2.05) is 6.92 Å². The Morgan fingerprint density at radius 2 is 2.15 bits per heavy atom. The summed E-state index contributed by atoms with van der Waals surface area (Å²) in [5.41, 5.74) is 7.23. The highest BCUT2D eigenvalue weighted by Crippen LogP contribution is 2.33. The summed E-state index contributed by atoms with van der Waals surface area (Å²) in [7, 11) is 0. The highest BCUT2D eigenvalue weighted by atomic mass is 16.6. The second kappa shape index (κ2) is 5.66. The summed E-state index contributed by atoms with van der Waals surface area (Å²) in [5, 5.41) is 11.0. The van der Waals surface area contributed by atoms with Crippen molar-refractivity contribution in [2.75, 3.05) is 0 Å². The summed E-state index contributed by atoms with van der Waals surface area (Å²) >= 11 is 0. The number of aryl methyl sites for hydroxylation is 1. The number of rotatable bonds is 4. The minimum Gasteiger partial charge on any atom is -0.432 e. The summed E-state index contributed by atoms with van der Waals surface area (Å²) in [5.74, 6) is 0.490. The third kappa shape index (κ3) is 2.92. The van der Waals surface area contributed by atoms with Gasteiger partial charge in [0.05, 0.1) is 4.92 Å². The van der Waals surface area contributed by atoms with Crippen LogP contribution in [0.15, 0.2) is 36.5 Å². The maximum atomic E-state index is 11.0. The van der Waals surface area contributed by atoms with Gasteiger partial charge >= 0.3 is 5.69 Å². The predicted molar refractivity (Wildman–Crippen MR) is 74.7 cm³/mol. The highest BCUT2D eigenvalue weighted by molar-refractivity contribution is 5.52. The average molecular weight is 273 g/mol. The van der Waals surface area contributed by atoms with Gasteiger partial charge in [-0.05, 0) is 31.0 Å². The van der Waals surface area contributed by atoms with Crippen LogP contribution in [0.4, 0.5) is 5.69 Å². The van der Waals surface area contributed by atoms with Crippen molar-refractivity contribution in [1.82, 2.24) is 4.98 Å². The lowest BCUT2D eigenvalue weighted by molar-refractivity contribution is -0.385. The molecule has 2 N–H and O–H groups in total. The van der Waals surface area contributed by atoms with Crippen LogP contribution in [0.2, 0.25) is 0 Å². The standard InChI is InChI=1S/C14H15N3O3/c1-9-4-3-5-12(17(18)19)14(9)20-13-8-11(10(2)15)6-7-16-13/h3-8,10H,15H2,1-2H3/t10-/m1/s1. The van der Waals surface area contributed by atoms with E-state index < -0.39 is 4.92 Å². The smallest absolute Gasteiger partial charge is 0.311 e. The first-order valence-electron chi connectivity index (χ1n) is 6.12. The fraction of sp³-hybridized carbons (Fsp3) is 0.214. The Morgan fingerprint density at radius 1 is 1.40 bits per heavy atom. The zero-order valence-electron chi connectivity index (χ0n) is 11.2. The van der Waals surface area contributed by atoms with Crippen molar-refractivity contribution in [3.05, 3.63) is 57.8 Å². The third-order valence-corrected chi connectivity index (χ3v) is 2.88. The van der Waals surface area contributed by atoms with Gasteiger partial charge in [-0.3, -0.25) is 10.1 Å². The van der Waals surface area contributed by atoms with Gasteiger partial charge in [0, 0.05) is 24.4 Å². The van der Waals surface area contributed by atoms with E-state index in [1.165, 1.54) is 6.07 Å². The molecule has 0 aliphatic heterocycles. The topological polar surface area (TPSA) is 91.3 Å². The van der Waals surface area contributed by atoms with Crippen LogP contribution in [-0.4, -0.2) is 9.91 Å². The number of nitrogens with zero attached hydrogens (tertiary/aromatic N) is 2. The van der Waals surface area contributed by atoms with E-state index in [2.05, 4.69) is 4.98 Å². The molecule has 1 aromatic carbocycles. The Balaban J connectivity index is 2.40. The fourth-order valence-corrected chi connectivity index (χ4v) is 1.78. The molecule has 6 nitrogen and oxygen atoms in total. The lowest BCUT2D eigenvalue weighted by atomic mass is 10.1. The van der Waals surface area contributed by atoms with Crippen LogP contribution in [-0.2, 0) is 0 Å². The van der Waals surface area contributed by atoms with Crippen molar-refractivity contribution in [2.45, 2.75) is 19.9 Å². The van der Waals surface area contributed by atoms with Crippen LogP contribution in [0.5, 0.6) is 11.6 Å². The Morgan fingerprint density at radius 3 is 2.80 bits per heavy atom. The molecule has 0 fully saturated rings. The summed E-state index contributed by atoms with van der Waals surface area (Å²) in [6.45, 7) is 3.59. The number of para-hydroxylation sites is 1. The van der Waals surface area contributed by atoms with E-state index >= 15 is 0 Å². The van der Waals surface area contributed by atoms with Gasteiger partial charge in [-0.15, -0.1) is 0 Å². The van der Waals surface area contributed by atoms with Gasteiger partial charge < -0.3 is 10.5 Å². The number of hydrogen-bond donors (Lipinski definition) is 1. The molecular weight excluding hydrogens is 258 g/mol. The van der Waals surface area contributed by atoms with Crippen molar-refractivity contribution in [3.8, 4) is 11.6 Å². The fourth-order valence-electron chi connectivity index (χ4n) is 1.78. The van der Waals surface area contributed by atoms with Crippen molar-refractivity contribution in [1.29, 1.82) is 0 Å². The molecule has 2 aromatic rings. The second-order valence-corrected chi connectivity index (χ2v) is 4.50. The van der Waals surface area contributed by atoms with Gasteiger partial charge in [0.1, 0.15) is 0 Å². The minimum atomic E-state index is -0.474. The molecule has 0 bridgehead atoms. The van der Waals surface area contributed by atoms with Gasteiger partial charge in [-0.1, -0.05) is 12.1 Å². The molecule has 0 aliphatic rings. The van der Waals surface area contributed by atoms with Crippen molar-refractivity contribution < 1.29 is 9.66 Å². The molecule has 2 rings (SSSR count). The summed E-state index contributed by atoms with van der Waals surface area (Å²) < 4.78 is 5.58. The third-order valence-electron chi connectivity index (χ3n) is 2.88. The first-order chi connectivity index (χ1) is 9.49. The second-order valence-electron chi connectivity index (χ2n) is 4.50. The van der Waals surface area contributed by atoms with E-state index in [4.69, 9.17) is 10.5 Å². The van der Waals surface area contributed by atoms with Crippen LogP contribution in [0.3, 0.4) is 0 Å². The van der Waals surface area contributed by atoms with Gasteiger partial charge in [0.2, 0.25) is 11.6 Å². The SMILES string of the molecule is Cc1cccc([N+](=O)[O-])c1Oc1cc([C@@H](C)N)ccn1. The number of aromatic nitrogens is 1. The van der Waals surface area contributed by atoms with Crippen molar-refractivity contribution in [2.24, 2.45) is 5.73 Å². The molecule has 0 aliphatic carbocycles. The lowest BCUT2D eigenvalue weighted by Gasteiger charge is -2.10. The predicted octanol–water partition coefficient (Wildman–Crippen LogP) is 3.11. The number of nitrogens with two attached hydrogens (primary N) is 1. The Kier molecular flexibility index (Phi) is 3.95. The molecule has 0 unspecified atom stereocenters. The van der Waals surface area contributed by atoms with E-state index in [0.29, 0.717) is 5.56 Å². The number of hydrogen-bond acceptors (Lipinski definition) is 5. The monoisotopic (exact) mass is 273 g/mol. The average Bonchev–Trinajstić information content (AvgIpc) is 2.41. The van der Waals surface area contributed by atoms with E-state index in [-0.39, 0.29) is 23.4 Å². The van der Waals surface area contributed by atoms with Crippen LogP contribution in [0, 0.1) is 17.0 Å². The summed E-state index contributed by atoms with van der Waals surface area (Å²) in [6, 6.07) is 8.07. The van der Waals surface area contributed by atoms with E-state index in [9.17, 15) is 10.1 Å². The van der Waals surface area contributed by atoms with Crippen LogP contribution >= 0.6 is 0 Å². The molecule has 0 saturated carbocycles. The normalized spacial score (nSPS) is 11.9. The highest BCUT2D eigenvalue weighted by Gasteiger charge is 2.18. The first-order valence-corrected chi connectivity index (χ1v) is 6.12. The van der Waals surface area contributed by atoms with Crippen molar-refractivity contribution >= 4 is 5.69 Å². The number of nitro groups is 1. The molecule has 6 heteroatoms. The Labute approximate surface area is 116 Å². The molecule has 1 aromatic heterocycles. The molecule has 0 spiro atoms. The molecule has 0 amide bonds. The van der Waals surface area contributed by atoms with Gasteiger partial charge in [-0.25, -0.2) is 4.98 Å². The first kappa shape index (κ1) is 14.0. The van der Waals surface area contributed by atoms with Crippen LogP contribution in [0.25, 0.3) is 0 Å². The van der Waals surface area contributed by atoms with E-state index in [0.717, 1.165) is 5.56 Å². The molecule has 104 valence electrons. The van der Waals surface area contributed by atoms with Crippen LogP contribution < -0.4 is 10.5 Å². The Hall–Kier alpha value is -2.47. The number of nitro benzene ring substituents is 1. The molecule has 0 radical (unpaired) electrons. The van der Waals surface area contributed by atoms with Crippen LogP contribution in [0.1, 0.15) is 24.1 Å². The minimum absolute atomic E-state index is 0.0852. The maximum absolute atomic E-state index is 11.0. The molecule has 20 heavy (non-hydrogen) atoms. The number of pyridine rings is 1. The molecule has 1 heterocycles. The Bertz CT molecular complexity index is 641. The molecule has 1 atom stereocenters. The molecule has 0 saturated heterocycles. The summed E-state index contributed by atoms with van der Waals surface area (Å²) in [6.07, 6.45) is 1.57. The van der Waals surface area contributed by atoms with Gasteiger partial charge in [0.25, 0.3) is 0 Å². The zero-order valence-corrected chi connectivity index (χ0v) is 11.2. The van der Waals surface area contributed by atoms with Gasteiger partial charge in [0.15, 0.2) is 0 Å². The largest absolute Gasteiger partial charge is 0.432 e. The van der Waals surface area contributed by atoms with Gasteiger partial charge in [-0.2, -0.15) is 0 Å². The van der Waals surface area contributed by atoms with E-state index in [1.54, 1.807) is 37.4 Å². The quantitative estimate of drug-likeness (QED) is 0.682. The zero-order chi connectivity index (χ0) is 14.7. The number of ether oxygens (including phenoxy) is 1. The maximum Gasteiger partial charge on any atom is 0.311 e. The lowest BCUT2D eigenvalue weighted by Crippen LogP contribution is -2.05. The number of benzene rings is 1. The summed E-state index contributed by atoms with van der Waals surface area (Å²) in [4.78, 5) is 14.6. The molecular formula is C14H15N3O3. The van der Waals surface area contributed by atoms with Crippen molar-refractivity contribution in [3.63, 3.8) is 0 Å².